The Balaban J connectivity index is 1.98. The van der Waals surface area contributed by atoms with Crippen molar-refractivity contribution in [1.29, 1.82) is 0 Å². The van der Waals surface area contributed by atoms with E-state index in [2.05, 4.69) is 14.9 Å². The van der Waals surface area contributed by atoms with Crippen LogP contribution < -0.4 is 0 Å². The molecule has 8 nitrogen and oxygen atoms in total. The second-order valence-electron chi connectivity index (χ2n) is 5.48. The number of methoxy groups -OCH3 is 1. The Morgan fingerprint density at radius 3 is 2.43 bits per heavy atom. The smallest absolute Gasteiger partial charge is 0.416 e. The molecule has 0 spiro atoms. The monoisotopic (exact) mass is 393 g/mol. The number of carbonyl (C=O) groups excluding carboxylic acids is 1. The zero-order valence-corrected chi connectivity index (χ0v) is 14.1. The van der Waals surface area contributed by atoms with E-state index in [1.807, 2.05) is 0 Å². The molecule has 0 aliphatic heterocycles. The van der Waals surface area contributed by atoms with Gasteiger partial charge in [-0.15, -0.1) is 0 Å². The van der Waals surface area contributed by atoms with Crippen molar-refractivity contribution in [3.8, 4) is 22.8 Å². The highest BCUT2D eigenvalue weighted by Crippen LogP contribution is 2.33. The average Bonchev–Trinajstić information content (AvgIpc) is 3.16. The van der Waals surface area contributed by atoms with E-state index < -0.39 is 28.3 Å². The van der Waals surface area contributed by atoms with Crippen molar-refractivity contribution in [2.45, 2.75) is 6.18 Å². The molecular weight excluding hydrogens is 383 g/mol. The minimum atomic E-state index is -4.48. The van der Waals surface area contributed by atoms with Gasteiger partial charge in [-0.3, -0.25) is 10.1 Å². The summed E-state index contributed by atoms with van der Waals surface area (Å²) in [6.07, 6.45) is -4.48. The molecule has 0 fully saturated rings. The molecule has 0 saturated heterocycles. The maximum Gasteiger partial charge on any atom is 0.416 e. The molecule has 1 heterocycles. The van der Waals surface area contributed by atoms with E-state index in [9.17, 15) is 28.1 Å². The number of carbonyl (C=O) groups is 1. The minimum absolute atomic E-state index is 0.0413. The summed E-state index contributed by atoms with van der Waals surface area (Å²) < 4.78 is 47.4. The molecule has 1 aromatic heterocycles. The van der Waals surface area contributed by atoms with Crippen LogP contribution in [-0.2, 0) is 10.9 Å². The van der Waals surface area contributed by atoms with E-state index in [0.29, 0.717) is 0 Å². The molecule has 11 heteroatoms. The van der Waals surface area contributed by atoms with Crippen LogP contribution in [-0.4, -0.2) is 28.1 Å². The largest absolute Gasteiger partial charge is 0.465 e. The van der Waals surface area contributed by atoms with Gasteiger partial charge in [0.15, 0.2) is 0 Å². The first-order valence-electron chi connectivity index (χ1n) is 7.59. The van der Waals surface area contributed by atoms with Crippen LogP contribution in [0.2, 0.25) is 0 Å². The van der Waals surface area contributed by atoms with E-state index in [-0.39, 0.29) is 28.4 Å². The summed E-state index contributed by atoms with van der Waals surface area (Å²) in [7, 11) is 1.14. The van der Waals surface area contributed by atoms with Crippen molar-refractivity contribution >= 4 is 11.7 Å². The lowest BCUT2D eigenvalue weighted by Gasteiger charge is -2.05. The second-order valence-corrected chi connectivity index (χ2v) is 5.48. The fraction of sp³-hybridized carbons (Fsp3) is 0.118. The van der Waals surface area contributed by atoms with Gasteiger partial charge in [0.05, 0.1) is 23.2 Å². The Labute approximate surface area is 154 Å². The van der Waals surface area contributed by atoms with Crippen LogP contribution in [0.3, 0.4) is 0 Å². The number of nitro benzene ring substituents is 1. The number of hydrogen-bond donors (Lipinski definition) is 0. The molecule has 0 bridgehead atoms. The number of alkyl halides is 3. The van der Waals surface area contributed by atoms with Crippen LogP contribution in [0.4, 0.5) is 18.9 Å². The zero-order valence-electron chi connectivity index (χ0n) is 14.1. The van der Waals surface area contributed by atoms with E-state index in [1.54, 1.807) is 0 Å². The van der Waals surface area contributed by atoms with E-state index in [0.717, 1.165) is 37.4 Å². The van der Waals surface area contributed by atoms with Gasteiger partial charge >= 0.3 is 12.1 Å². The third-order valence-corrected chi connectivity index (χ3v) is 3.74. The quantitative estimate of drug-likeness (QED) is 0.373. The molecule has 0 amide bonds. The third-order valence-electron chi connectivity index (χ3n) is 3.74. The summed E-state index contributed by atoms with van der Waals surface area (Å²) in [5, 5.41) is 15.0. The van der Waals surface area contributed by atoms with Gasteiger partial charge in [0.25, 0.3) is 11.6 Å². The van der Waals surface area contributed by atoms with Crippen molar-refractivity contribution in [3.05, 3.63) is 63.7 Å². The Kier molecular flexibility index (Phi) is 4.82. The Hall–Kier alpha value is -3.76. The first-order chi connectivity index (χ1) is 13.2. The molecule has 0 aliphatic carbocycles. The lowest BCUT2D eigenvalue weighted by Crippen LogP contribution is -2.04. The summed E-state index contributed by atoms with van der Waals surface area (Å²) in [5.41, 5.74) is -1.17. The fourth-order valence-corrected chi connectivity index (χ4v) is 2.37. The average molecular weight is 393 g/mol. The van der Waals surface area contributed by atoms with E-state index in [1.165, 1.54) is 12.1 Å². The molecule has 0 atom stereocenters. The van der Waals surface area contributed by atoms with Crippen molar-refractivity contribution in [2.24, 2.45) is 0 Å². The summed E-state index contributed by atoms with van der Waals surface area (Å²) >= 11 is 0. The standard InChI is InChI=1S/C17H10F3N3O5/c1-27-16(24)10-4-7-12(13(8-10)23(25)26)15-21-14(22-28-15)9-2-5-11(6-3-9)17(18,19)20/h2-8H,1H3. The van der Waals surface area contributed by atoms with Gasteiger partial charge in [-0.25, -0.2) is 4.79 Å². The van der Waals surface area contributed by atoms with Gasteiger partial charge in [-0.2, -0.15) is 18.2 Å². The maximum absolute atomic E-state index is 12.6. The molecule has 3 aromatic rings. The molecular formula is C17H10F3N3O5. The molecule has 0 aliphatic rings. The van der Waals surface area contributed by atoms with Gasteiger partial charge in [0.1, 0.15) is 5.56 Å². The highest BCUT2D eigenvalue weighted by atomic mass is 19.4. The lowest BCUT2D eigenvalue weighted by atomic mass is 10.1. The molecule has 144 valence electrons. The first-order valence-corrected chi connectivity index (χ1v) is 7.59. The fourth-order valence-electron chi connectivity index (χ4n) is 2.37. The number of aromatic nitrogens is 2. The van der Waals surface area contributed by atoms with Crippen molar-refractivity contribution in [3.63, 3.8) is 0 Å². The molecule has 0 N–H and O–H groups in total. The van der Waals surface area contributed by atoms with Gasteiger partial charge in [-0.1, -0.05) is 17.3 Å². The number of esters is 1. The molecule has 28 heavy (non-hydrogen) atoms. The first kappa shape index (κ1) is 19.0. The van der Waals surface area contributed by atoms with Crippen molar-refractivity contribution in [2.75, 3.05) is 7.11 Å². The topological polar surface area (TPSA) is 108 Å². The number of halogens is 3. The van der Waals surface area contributed by atoms with Gasteiger partial charge in [0.2, 0.25) is 5.82 Å². The molecule has 0 radical (unpaired) electrons. The van der Waals surface area contributed by atoms with E-state index in [4.69, 9.17) is 4.52 Å². The molecule has 0 unspecified atom stereocenters. The van der Waals surface area contributed by atoms with Crippen LogP contribution >= 0.6 is 0 Å². The van der Waals surface area contributed by atoms with Crippen molar-refractivity contribution in [1.82, 2.24) is 10.1 Å². The number of nitro groups is 1. The van der Waals surface area contributed by atoms with Gasteiger partial charge in [0, 0.05) is 11.6 Å². The Bertz CT molecular complexity index is 1040. The number of hydrogen-bond acceptors (Lipinski definition) is 7. The molecule has 2 aromatic carbocycles. The highest BCUT2D eigenvalue weighted by Gasteiger charge is 2.30. The predicted octanol–water partition coefficient (Wildman–Crippen LogP) is 4.12. The van der Waals surface area contributed by atoms with Crippen LogP contribution in [0.25, 0.3) is 22.8 Å². The minimum Gasteiger partial charge on any atom is -0.465 e. The zero-order chi connectivity index (χ0) is 20.5. The molecule has 0 saturated carbocycles. The lowest BCUT2D eigenvalue weighted by molar-refractivity contribution is -0.384. The SMILES string of the molecule is COC(=O)c1ccc(-c2nc(-c3ccc(C(F)(F)F)cc3)no2)c([N+](=O)[O-])c1. The summed E-state index contributed by atoms with van der Waals surface area (Å²) in [6.45, 7) is 0. The maximum atomic E-state index is 12.6. The van der Waals surface area contributed by atoms with Crippen molar-refractivity contribution < 1.29 is 32.1 Å². The van der Waals surface area contributed by atoms with Crippen LogP contribution in [0, 0.1) is 10.1 Å². The van der Waals surface area contributed by atoms with Crippen LogP contribution in [0.5, 0.6) is 0 Å². The number of rotatable bonds is 4. The van der Waals surface area contributed by atoms with Crippen LogP contribution in [0.15, 0.2) is 47.0 Å². The Morgan fingerprint density at radius 1 is 1.18 bits per heavy atom. The molecule has 3 rings (SSSR count). The number of benzene rings is 2. The third kappa shape index (κ3) is 3.68. The number of ether oxygens (including phenoxy) is 1. The van der Waals surface area contributed by atoms with Crippen LogP contribution in [0.1, 0.15) is 15.9 Å². The van der Waals surface area contributed by atoms with Gasteiger partial charge in [-0.05, 0) is 24.3 Å². The summed E-state index contributed by atoms with van der Waals surface area (Å²) in [6, 6.07) is 7.57. The highest BCUT2D eigenvalue weighted by molar-refractivity contribution is 5.91. The predicted molar refractivity (Wildman–Crippen MR) is 88.2 cm³/mol. The normalized spacial score (nSPS) is 11.3. The van der Waals surface area contributed by atoms with Gasteiger partial charge < -0.3 is 9.26 Å². The second kappa shape index (κ2) is 7.10. The summed E-state index contributed by atoms with van der Waals surface area (Å²) in [4.78, 5) is 26.1. The summed E-state index contributed by atoms with van der Waals surface area (Å²) in [5.74, 6) is -1.03. The number of nitrogens with zero attached hydrogens (tertiary/aromatic N) is 3. The Morgan fingerprint density at radius 2 is 1.86 bits per heavy atom. The van der Waals surface area contributed by atoms with E-state index >= 15 is 0 Å².